The second kappa shape index (κ2) is 3.76. The van der Waals surface area contributed by atoms with Gasteiger partial charge in [0.05, 0.1) is 6.10 Å². The van der Waals surface area contributed by atoms with Gasteiger partial charge in [0.1, 0.15) is 0 Å². The maximum atomic E-state index is 7.27. The SMILES string of the molecule is COC1CN(C(=N)N)CCC1C. The van der Waals surface area contributed by atoms with Crippen molar-refractivity contribution in [3.8, 4) is 0 Å². The van der Waals surface area contributed by atoms with E-state index in [1.54, 1.807) is 7.11 Å². The average Bonchev–Trinajstić information content (AvgIpc) is 2.05. The Bertz CT molecular complexity index is 172. The third-order valence-electron chi connectivity index (χ3n) is 2.53. The van der Waals surface area contributed by atoms with Crippen LogP contribution in [0.2, 0.25) is 0 Å². The molecule has 3 N–H and O–H groups in total. The fraction of sp³-hybridized carbons (Fsp3) is 0.875. The number of piperidine rings is 1. The summed E-state index contributed by atoms with van der Waals surface area (Å²) in [7, 11) is 1.71. The van der Waals surface area contributed by atoms with E-state index in [4.69, 9.17) is 15.9 Å². The zero-order chi connectivity index (χ0) is 9.14. The molecule has 0 amide bonds. The summed E-state index contributed by atoms with van der Waals surface area (Å²) in [6.07, 6.45) is 1.28. The number of ether oxygens (including phenoxy) is 1. The van der Waals surface area contributed by atoms with Gasteiger partial charge in [0.25, 0.3) is 0 Å². The number of hydrogen-bond acceptors (Lipinski definition) is 2. The van der Waals surface area contributed by atoms with Gasteiger partial charge in [0, 0.05) is 20.2 Å². The van der Waals surface area contributed by atoms with Gasteiger partial charge >= 0.3 is 0 Å². The molecule has 0 bridgehead atoms. The van der Waals surface area contributed by atoms with Gasteiger partial charge < -0.3 is 15.4 Å². The fourth-order valence-corrected chi connectivity index (χ4v) is 1.56. The average molecular weight is 171 g/mol. The summed E-state index contributed by atoms with van der Waals surface area (Å²) in [6.45, 7) is 3.81. The maximum Gasteiger partial charge on any atom is 0.188 e. The normalized spacial score (nSPS) is 30.3. The molecule has 1 aliphatic heterocycles. The largest absolute Gasteiger partial charge is 0.379 e. The second-order valence-electron chi connectivity index (χ2n) is 3.37. The van der Waals surface area contributed by atoms with Crippen LogP contribution >= 0.6 is 0 Å². The molecule has 1 saturated heterocycles. The summed E-state index contributed by atoms with van der Waals surface area (Å²) < 4.78 is 5.29. The highest BCUT2D eigenvalue weighted by Gasteiger charge is 2.26. The number of likely N-dealkylation sites (tertiary alicyclic amines) is 1. The van der Waals surface area contributed by atoms with Crippen molar-refractivity contribution in [1.29, 1.82) is 5.41 Å². The second-order valence-corrected chi connectivity index (χ2v) is 3.37. The van der Waals surface area contributed by atoms with Crippen molar-refractivity contribution in [2.45, 2.75) is 19.4 Å². The first-order valence-electron chi connectivity index (χ1n) is 4.27. The van der Waals surface area contributed by atoms with Crippen LogP contribution in [0.5, 0.6) is 0 Å². The Morgan fingerprint density at radius 1 is 1.67 bits per heavy atom. The van der Waals surface area contributed by atoms with Crippen molar-refractivity contribution in [1.82, 2.24) is 4.90 Å². The van der Waals surface area contributed by atoms with Crippen LogP contribution in [-0.2, 0) is 4.74 Å². The lowest BCUT2D eigenvalue weighted by Gasteiger charge is -2.36. The van der Waals surface area contributed by atoms with Crippen molar-refractivity contribution < 1.29 is 4.74 Å². The summed E-state index contributed by atoms with van der Waals surface area (Å²) >= 11 is 0. The number of rotatable bonds is 1. The predicted molar refractivity (Wildman–Crippen MR) is 48.1 cm³/mol. The molecule has 0 aromatic carbocycles. The van der Waals surface area contributed by atoms with E-state index >= 15 is 0 Å². The van der Waals surface area contributed by atoms with Crippen LogP contribution in [0.25, 0.3) is 0 Å². The number of nitrogens with zero attached hydrogens (tertiary/aromatic N) is 1. The van der Waals surface area contributed by atoms with Gasteiger partial charge in [-0.15, -0.1) is 0 Å². The summed E-state index contributed by atoms with van der Waals surface area (Å²) in [5.41, 5.74) is 5.38. The molecule has 2 atom stereocenters. The molecule has 0 spiro atoms. The molecular formula is C8H17N3O. The van der Waals surface area contributed by atoms with Gasteiger partial charge in [-0.2, -0.15) is 0 Å². The molecular weight excluding hydrogens is 154 g/mol. The molecule has 1 heterocycles. The standard InChI is InChI=1S/C8H17N3O/c1-6-3-4-11(8(9)10)5-7(6)12-2/h6-7H,3-5H2,1-2H3,(H3,9,10). The topological polar surface area (TPSA) is 62.3 Å². The number of hydrogen-bond donors (Lipinski definition) is 2. The monoisotopic (exact) mass is 171 g/mol. The number of nitrogens with one attached hydrogen (secondary N) is 1. The lowest BCUT2D eigenvalue weighted by atomic mass is 9.96. The number of nitrogens with two attached hydrogens (primary N) is 1. The molecule has 12 heavy (non-hydrogen) atoms. The van der Waals surface area contributed by atoms with E-state index in [0.717, 1.165) is 19.5 Å². The summed E-state index contributed by atoms with van der Waals surface area (Å²) in [6, 6.07) is 0. The first kappa shape index (κ1) is 9.32. The molecule has 70 valence electrons. The van der Waals surface area contributed by atoms with Crippen LogP contribution < -0.4 is 5.73 Å². The van der Waals surface area contributed by atoms with E-state index in [1.807, 2.05) is 4.90 Å². The van der Waals surface area contributed by atoms with E-state index in [2.05, 4.69) is 6.92 Å². The smallest absolute Gasteiger partial charge is 0.188 e. The van der Waals surface area contributed by atoms with E-state index in [-0.39, 0.29) is 12.1 Å². The third kappa shape index (κ3) is 1.88. The van der Waals surface area contributed by atoms with Gasteiger partial charge in [-0.05, 0) is 12.3 Å². The van der Waals surface area contributed by atoms with Crippen LogP contribution in [-0.4, -0.2) is 37.2 Å². The van der Waals surface area contributed by atoms with E-state index in [1.165, 1.54) is 0 Å². The predicted octanol–water partition coefficient (Wildman–Crippen LogP) is 0.237. The first-order chi connectivity index (χ1) is 5.65. The molecule has 0 aliphatic carbocycles. The number of guanidine groups is 1. The molecule has 0 saturated carbocycles. The molecule has 4 nitrogen and oxygen atoms in total. The minimum absolute atomic E-state index is 0.156. The van der Waals surface area contributed by atoms with Crippen molar-refractivity contribution >= 4 is 5.96 Å². The van der Waals surface area contributed by atoms with Gasteiger partial charge in [-0.3, -0.25) is 5.41 Å². The van der Waals surface area contributed by atoms with Crippen LogP contribution in [0.3, 0.4) is 0 Å². The van der Waals surface area contributed by atoms with E-state index in [9.17, 15) is 0 Å². The molecule has 0 radical (unpaired) electrons. The molecule has 1 aliphatic rings. The molecule has 4 heteroatoms. The van der Waals surface area contributed by atoms with Crippen LogP contribution in [0.4, 0.5) is 0 Å². The summed E-state index contributed by atoms with van der Waals surface area (Å²) in [5.74, 6) is 0.731. The maximum absolute atomic E-state index is 7.27. The minimum atomic E-state index is 0.156. The zero-order valence-corrected chi connectivity index (χ0v) is 7.71. The molecule has 1 rings (SSSR count). The van der Waals surface area contributed by atoms with Crippen LogP contribution in [0.15, 0.2) is 0 Å². The summed E-state index contributed by atoms with van der Waals surface area (Å²) in [5, 5.41) is 7.27. The zero-order valence-electron chi connectivity index (χ0n) is 7.71. The number of methoxy groups -OCH3 is 1. The lowest BCUT2D eigenvalue weighted by molar-refractivity contribution is 0.0144. The highest BCUT2D eigenvalue weighted by Crippen LogP contribution is 2.18. The first-order valence-corrected chi connectivity index (χ1v) is 4.27. The Hall–Kier alpha value is -0.770. The Morgan fingerprint density at radius 3 is 2.83 bits per heavy atom. The highest BCUT2D eigenvalue weighted by molar-refractivity contribution is 5.74. The molecule has 0 aromatic heterocycles. The van der Waals surface area contributed by atoms with Crippen molar-refractivity contribution in [3.05, 3.63) is 0 Å². The van der Waals surface area contributed by atoms with Crippen LogP contribution in [0.1, 0.15) is 13.3 Å². The summed E-state index contributed by atoms with van der Waals surface area (Å²) in [4.78, 5) is 1.86. The fourth-order valence-electron chi connectivity index (χ4n) is 1.56. The quantitative estimate of drug-likeness (QED) is 0.439. The van der Waals surface area contributed by atoms with Crippen molar-refractivity contribution in [3.63, 3.8) is 0 Å². The molecule has 0 aromatic rings. The Kier molecular flexibility index (Phi) is 2.92. The van der Waals surface area contributed by atoms with Gasteiger partial charge in [0.2, 0.25) is 0 Å². The molecule has 2 unspecified atom stereocenters. The minimum Gasteiger partial charge on any atom is -0.379 e. The third-order valence-corrected chi connectivity index (χ3v) is 2.53. The van der Waals surface area contributed by atoms with Crippen molar-refractivity contribution in [2.75, 3.05) is 20.2 Å². The van der Waals surface area contributed by atoms with E-state index in [0.29, 0.717) is 5.92 Å². The Balaban J connectivity index is 2.49. The molecule has 1 fully saturated rings. The van der Waals surface area contributed by atoms with Gasteiger partial charge in [-0.25, -0.2) is 0 Å². The van der Waals surface area contributed by atoms with Crippen LogP contribution in [0, 0.1) is 11.3 Å². The van der Waals surface area contributed by atoms with Crippen molar-refractivity contribution in [2.24, 2.45) is 11.7 Å². The van der Waals surface area contributed by atoms with Gasteiger partial charge in [0.15, 0.2) is 5.96 Å². The lowest BCUT2D eigenvalue weighted by Crippen LogP contribution is -2.48. The Morgan fingerprint density at radius 2 is 2.33 bits per heavy atom. The van der Waals surface area contributed by atoms with E-state index < -0.39 is 0 Å². The highest BCUT2D eigenvalue weighted by atomic mass is 16.5. The Labute approximate surface area is 73.2 Å². The van der Waals surface area contributed by atoms with Gasteiger partial charge in [-0.1, -0.05) is 6.92 Å².